The molecule has 116 valence electrons. The quantitative estimate of drug-likeness (QED) is 0.771. The number of carbonyl (C=O) groups is 1. The molecule has 0 bridgehead atoms. The summed E-state index contributed by atoms with van der Waals surface area (Å²) < 4.78 is 6.73. The predicted octanol–water partition coefficient (Wildman–Crippen LogP) is 2.31. The second-order valence-corrected chi connectivity index (χ2v) is 4.55. The monoisotopic (exact) mass is 310 g/mol. The van der Waals surface area contributed by atoms with E-state index in [1.165, 1.54) is 12.4 Å². The second-order valence-electron chi connectivity index (χ2n) is 4.55. The summed E-state index contributed by atoms with van der Waals surface area (Å²) in [5, 5.41) is 5.37. The van der Waals surface area contributed by atoms with Crippen molar-refractivity contribution in [2.24, 2.45) is 0 Å². The standard InChI is InChI=1S/C15H14N6O2/c1-23-13-4-2-11(3-5-13)19-15(22)20-12-8-17-14(18-9-12)21-7-6-16-10-21/h2-10H,1H3,(H2,19,20,22). The topological polar surface area (TPSA) is 94.0 Å². The maximum atomic E-state index is 11.9. The molecule has 0 aliphatic heterocycles. The molecule has 0 atom stereocenters. The number of amides is 2. The molecule has 3 aromatic rings. The minimum atomic E-state index is -0.380. The van der Waals surface area contributed by atoms with Crippen molar-refractivity contribution < 1.29 is 9.53 Å². The Bertz CT molecular complexity index is 769. The van der Waals surface area contributed by atoms with Gasteiger partial charge in [0.15, 0.2) is 0 Å². The third-order valence-electron chi connectivity index (χ3n) is 2.98. The highest BCUT2D eigenvalue weighted by molar-refractivity contribution is 5.99. The van der Waals surface area contributed by atoms with Crippen molar-refractivity contribution in [3.05, 3.63) is 55.4 Å². The van der Waals surface area contributed by atoms with Gasteiger partial charge in [0.2, 0.25) is 5.95 Å². The summed E-state index contributed by atoms with van der Waals surface area (Å²) in [7, 11) is 1.59. The molecule has 8 nitrogen and oxygen atoms in total. The molecule has 23 heavy (non-hydrogen) atoms. The van der Waals surface area contributed by atoms with E-state index in [1.807, 2.05) is 0 Å². The van der Waals surface area contributed by atoms with Crippen LogP contribution in [0.2, 0.25) is 0 Å². The van der Waals surface area contributed by atoms with Gasteiger partial charge in [-0.15, -0.1) is 0 Å². The highest BCUT2D eigenvalue weighted by atomic mass is 16.5. The molecule has 2 heterocycles. The zero-order chi connectivity index (χ0) is 16.1. The summed E-state index contributed by atoms with van der Waals surface area (Å²) >= 11 is 0. The number of benzene rings is 1. The fourth-order valence-corrected chi connectivity index (χ4v) is 1.86. The van der Waals surface area contributed by atoms with E-state index < -0.39 is 0 Å². The third-order valence-corrected chi connectivity index (χ3v) is 2.98. The van der Waals surface area contributed by atoms with E-state index in [2.05, 4.69) is 25.6 Å². The molecule has 2 aromatic heterocycles. The molecule has 3 rings (SSSR count). The Hall–Kier alpha value is -3.42. The highest BCUT2D eigenvalue weighted by Gasteiger charge is 2.05. The van der Waals surface area contributed by atoms with Crippen LogP contribution >= 0.6 is 0 Å². The number of rotatable bonds is 4. The smallest absolute Gasteiger partial charge is 0.323 e. The number of hydrogen-bond acceptors (Lipinski definition) is 5. The molecular weight excluding hydrogens is 296 g/mol. The van der Waals surface area contributed by atoms with E-state index in [0.717, 1.165) is 5.75 Å². The summed E-state index contributed by atoms with van der Waals surface area (Å²) in [5.74, 6) is 1.20. The maximum absolute atomic E-state index is 11.9. The normalized spacial score (nSPS) is 10.1. The maximum Gasteiger partial charge on any atom is 0.323 e. The largest absolute Gasteiger partial charge is 0.497 e. The average molecular weight is 310 g/mol. The van der Waals surface area contributed by atoms with Gasteiger partial charge in [0.1, 0.15) is 12.1 Å². The summed E-state index contributed by atoms with van der Waals surface area (Å²) in [4.78, 5) is 24.2. The van der Waals surface area contributed by atoms with Crippen molar-refractivity contribution >= 4 is 17.4 Å². The summed E-state index contributed by atoms with van der Waals surface area (Å²) in [5.41, 5.74) is 1.14. The van der Waals surface area contributed by atoms with Crippen LogP contribution in [0.15, 0.2) is 55.4 Å². The summed E-state index contributed by atoms with van der Waals surface area (Å²) in [6.07, 6.45) is 8.02. The molecule has 0 aliphatic rings. The van der Waals surface area contributed by atoms with Crippen LogP contribution in [-0.2, 0) is 0 Å². The van der Waals surface area contributed by atoms with Crippen LogP contribution < -0.4 is 15.4 Å². The highest BCUT2D eigenvalue weighted by Crippen LogP contribution is 2.15. The Labute approximate surface area is 132 Å². The molecule has 0 radical (unpaired) electrons. The van der Waals surface area contributed by atoms with E-state index in [4.69, 9.17) is 4.74 Å². The minimum absolute atomic E-state index is 0.380. The molecule has 0 saturated heterocycles. The Morgan fingerprint density at radius 2 is 1.78 bits per heavy atom. The molecule has 1 aromatic carbocycles. The molecule has 0 aliphatic carbocycles. The molecule has 2 amide bonds. The van der Waals surface area contributed by atoms with Crippen molar-refractivity contribution in [3.63, 3.8) is 0 Å². The molecule has 8 heteroatoms. The van der Waals surface area contributed by atoms with Gasteiger partial charge in [-0.2, -0.15) is 0 Å². The number of carbonyl (C=O) groups excluding carboxylic acids is 1. The Morgan fingerprint density at radius 3 is 2.39 bits per heavy atom. The first-order valence-electron chi connectivity index (χ1n) is 6.77. The average Bonchev–Trinajstić information content (AvgIpc) is 3.11. The van der Waals surface area contributed by atoms with Crippen LogP contribution in [0, 0.1) is 0 Å². The molecule has 0 fully saturated rings. The fourth-order valence-electron chi connectivity index (χ4n) is 1.86. The summed E-state index contributed by atoms with van der Waals surface area (Å²) in [6, 6.07) is 6.64. The van der Waals surface area contributed by atoms with Crippen LogP contribution in [0.25, 0.3) is 5.95 Å². The third kappa shape index (κ3) is 3.62. The number of nitrogens with one attached hydrogen (secondary N) is 2. The van der Waals surface area contributed by atoms with Crippen molar-refractivity contribution in [1.82, 2.24) is 19.5 Å². The molecule has 2 N–H and O–H groups in total. The van der Waals surface area contributed by atoms with Gasteiger partial charge in [0.25, 0.3) is 0 Å². The van der Waals surface area contributed by atoms with Gasteiger partial charge >= 0.3 is 6.03 Å². The van der Waals surface area contributed by atoms with Crippen molar-refractivity contribution in [2.45, 2.75) is 0 Å². The Kier molecular flexibility index (Phi) is 4.14. The van der Waals surface area contributed by atoms with Crippen molar-refractivity contribution in [3.8, 4) is 11.7 Å². The second kappa shape index (κ2) is 6.56. The van der Waals surface area contributed by atoms with E-state index >= 15 is 0 Å². The van der Waals surface area contributed by atoms with Crippen LogP contribution in [0.3, 0.4) is 0 Å². The number of anilines is 2. The SMILES string of the molecule is COc1ccc(NC(=O)Nc2cnc(-n3ccnc3)nc2)cc1. The predicted molar refractivity (Wildman–Crippen MR) is 84.8 cm³/mol. The lowest BCUT2D eigenvalue weighted by atomic mass is 10.3. The first-order valence-corrected chi connectivity index (χ1v) is 6.77. The van der Waals surface area contributed by atoms with E-state index in [0.29, 0.717) is 17.3 Å². The van der Waals surface area contributed by atoms with E-state index in [1.54, 1.807) is 54.7 Å². The van der Waals surface area contributed by atoms with Crippen molar-refractivity contribution in [1.29, 1.82) is 0 Å². The van der Waals surface area contributed by atoms with Gasteiger partial charge in [-0.05, 0) is 24.3 Å². The van der Waals surface area contributed by atoms with Gasteiger partial charge < -0.3 is 15.4 Å². The van der Waals surface area contributed by atoms with Crippen LogP contribution in [0.4, 0.5) is 16.2 Å². The van der Waals surface area contributed by atoms with E-state index in [9.17, 15) is 4.79 Å². The molecule has 0 spiro atoms. The van der Waals surface area contributed by atoms with E-state index in [-0.39, 0.29) is 6.03 Å². The fraction of sp³-hybridized carbons (Fsp3) is 0.0667. The Balaban J connectivity index is 1.61. The number of imidazole rings is 1. The van der Waals surface area contributed by atoms with Gasteiger partial charge in [-0.25, -0.2) is 19.7 Å². The van der Waals surface area contributed by atoms with Gasteiger partial charge in [0, 0.05) is 18.1 Å². The lowest BCUT2D eigenvalue weighted by molar-refractivity contribution is 0.262. The van der Waals surface area contributed by atoms with Crippen molar-refractivity contribution in [2.75, 3.05) is 17.7 Å². The number of urea groups is 1. The lowest BCUT2D eigenvalue weighted by Gasteiger charge is -2.08. The van der Waals surface area contributed by atoms with Gasteiger partial charge in [-0.3, -0.25) is 4.57 Å². The zero-order valence-electron chi connectivity index (χ0n) is 12.3. The number of hydrogen-bond donors (Lipinski definition) is 2. The number of aromatic nitrogens is 4. The van der Waals surface area contributed by atoms with Crippen LogP contribution in [-0.4, -0.2) is 32.7 Å². The van der Waals surface area contributed by atoms with Crippen LogP contribution in [0.1, 0.15) is 0 Å². The zero-order valence-corrected chi connectivity index (χ0v) is 12.3. The van der Waals surface area contributed by atoms with Crippen LogP contribution in [0.5, 0.6) is 5.75 Å². The lowest BCUT2D eigenvalue weighted by Crippen LogP contribution is -2.19. The van der Waals surface area contributed by atoms with Gasteiger partial charge in [-0.1, -0.05) is 0 Å². The number of ether oxygens (including phenoxy) is 1. The summed E-state index contributed by atoms with van der Waals surface area (Å²) in [6.45, 7) is 0. The van der Waals surface area contributed by atoms with Gasteiger partial charge in [0.05, 0.1) is 25.2 Å². The molecular formula is C15H14N6O2. The number of nitrogens with zero attached hydrogens (tertiary/aromatic N) is 4. The first-order chi connectivity index (χ1) is 11.2. The molecule has 0 saturated carbocycles. The first kappa shape index (κ1) is 14.5. The molecule has 0 unspecified atom stereocenters. The minimum Gasteiger partial charge on any atom is -0.497 e. The number of methoxy groups -OCH3 is 1. The Morgan fingerprint density at radius 1 is 1.09 bits per heavy atom.